The highest BCUT2D eigenvalue weighted by Gasteiger charge is 2.30. The SMILES string of the molecule is CC(C)CCN(CC(O)COc1ccccc1N)C1CC1. The van der Waals surface area contributed by atoms with Crippen LogP contribution in [0.15, 0.2) is 24.3 Å². The summed E-state index contributed by atoms with van der Waals surface area (Å²) in [5.41, 5.74) is 6.44. The quantitative estimate of drug-likeness (QED) is 0.687. The number of hydrogen-bond donors (Lipinski definition) is 2. The number of benzene rings is 1. The fraction of sp³-hybridized carbons (Fsp3) is 0.647. The molecule has 0 spiro atoms. The van der Waals surface area contributed by atoms with Gasteiger partial charge in [0.1, 0.15) is 18.5 Å². The summed E-state index contributed by atoms with van der Waals surface area (Å²) in [5, 5.41) is 10.2. The molecule has 1 aromatic rings. The van der Waals surface area contributed by atoms with Crippen LogP contribution in [0.3, 0.4) is 0 Å². The number of nitrogen functional groups attached to an aromatic ring is 1. The van der Waals surface area contributed by atoms with Gasteiger partial charge in [-0.05, 0) is 43.9 Å². The van der Waals surface area contributed by atoms with Gasteiger partial charge in [-0.2, -0.15) is 0 Å². The second kappa shape index (κ2) is 7.66. The van der Waals surface area contributed by atoms with Gasteiger partial charge in [-0.25, -0.2) is 0 Å². The monoisotopic (exact) mass is 292 g/mol. The minimum absolute atomic E-state index is 0.291. The van der Waals surface area contributed by atoms with E-state index in [-0.39, 0.29) is 0 Å². The molecule has 0 saturated heterocycles. The zero-order chi connectivity index (χ0) is 15.2. The maximum absolute atomic E-state index is 10.2. The molecule has 1 unspecified atom stereocenters. The molecule has 1 fully saturated rings. The first kappa shape index (κ1) is 16.1. The Hall–Kier alpha value is -1.26. The molecule has 1 aromatic carbocycles. The maximum atomic E-state index is 10.2. The number of rotatable bonds is 9. The molecule has 118 valence electrons. The molecular formula is C17H28N2O2. The van der Waals surface area contributed by atoms with E-state index in [2.05, 4.69) is 18.7 Å². The Kier molecular flexibility index (Phi) is 5.88. The highest BCUT2D eigenvalue weighted by molar-refractivity contribution is 5.51. The zero-order valence-electron chi connectivity index (χ0n) is 13.2. The van der Waals surface area contributed by atoms with Gasteiger partial charge in [0.2, 0.25) is 0 Å². The molecule has 0 radical (unpaired) electrons. The van der Waals surface area contributed by atoms with E-state index >= 15 is 0 Å². The molecule has 4 heteroatoms. The smallest absolute Gasteiger partial charge is 0.142 e. The fourth-order valence-corrected chi connectivity index (χ4v) is 2.41. The van der Waals surface area contributed by atoms with Crippen LogP contribution in [-0.2, 0) is 0 Å². The van der Waals surface area contributed by atoms with Gasteiger partial charge >= 0.3 is 0 Å². The average Bonchev–Trinajstić information content (AvgIpc) is 3.27. The number of nitrogens with zero attached hydrogens (tertiary/aromatic N) is 1. The molecule has 2 rings (SSSR count). The Morgan fingerprint density at radius 1 is 1.33 bits per heavy atom. The topological polar surface area (TPSA) is 58.7 Å². The first-order chi connectivity index (χ1) is 10.1. The lowest BCUT2D eigenvalue weighted by molar-refractivity contribution is 0.0640. The number of hydrogen-bond acceptors (Lipinski definition) is 4. The van der Waals surface area contributed by atoms with Crippen molar-refractivity contribution in [3.8, 4) is 5.75 Å². The summed E-state index contributed by atoms with van der Waals surface area (Å²) in [6.45, 7) is 6.52. The van der Waals surface area contributed by atoms with Crippen LogP contribution in [0, 0.1) is 5.92 Å². The van der Waals surface area contributed by atoms with Crippen molar-refractivity contribution in [1.82, 2.24) is 4.90 Å². The van der Waals surface area contributed by atoms with E-state index in [1.54, 1.807) is 6.07 Å². The van der Waals surface area contributed by atoms with Crippen molar-refractivity contribution in [2.75, 3.05) is 25.4 Å². The lowest BCUT2D eigenvalue weighted by atomic mass is 10.1. The Bertz CT molecular complexity index is 433. The van der Waals surface area contributed by atoms with E-state index < -0.39 is 6.10 Å². The lowest BCUT2D eigenvalue weighted by Gasteiger charge is -2.25. The van der Waals surface area contributed by atoms with Crippen molar-refractivity contribution in [2.45, 2.75) is 45.3 Å². The molecule has 0 amide bonds. The predicted molar refractivity (Wildman–Crippen MR) is 86.4 cm³/mol. The molecular weight excluding hydrogens is 264 g/mol. The van der Waals surface area contributed by atoms with Gasteiger partial charge in [0.05, 0.1) is 5.69 Å². The summed E-state index contributed by atoms with van der Waals surface area (Å²) >= 11 is 0. The van der Waals surface area contributed by atoms with Crippen LogP contribution in [0.2, 0.25) is 0 Å². The van der Waals surface area contributed by atoms with Crippen LogP contribution in [-0.4, -0.2) is 41.8 Å². The Morgan fingerprint density at radius 2 is 2.05 bits per heavy atom. The summed E-state index contributed by atoms with van der Waals surface area (Å²) in [5.74, 6) is 1.35. The van der Waals surface area contributed by atoms with Gasteiger partial charge < -0.3 is 15.6 Å². The predicted octanol–water partition coefficient (Wildman–Crippen LogP) is 2.52. The standard InChI is InChI=1S/C17H28N2O2/c1-13(2)9-10-19(14-7-8-14)11-15(20)12-21-17-6-4-3-5-16(17)18/h3-6,13-15,20H,7-12,18H2,1-2H3. The molecule has 1 saturated carbocycles. The molecule has 21 heavy (non-hydrogen) atoms. The van der Waals surface area contributed by atoms with E-state index in [4.69, 9.17) is 10.5 Å². The third-order valence-electron chi connectivity index (χ3n) is 3.85. The van der Waals surface area contributed by atoms with Gasteiger partial charge in [0.15, 0.2) is 0 Å². The van der Waals surface area contributed by atoms with E-state index in [0.29, 0.717) is 36.5 Å². The fourth-order valence-electron chi connectivity index (χ4n) is 2.41. The van der Waals surface area contributed by atoms with Gasteiger partial charge in [0.25, 0.3) is 0 Å². The number of nitrogens with two attached hydrogens (primary N) is 1. The van der Waals surface area contributed by atoms with Crippen LogP contribution < -0.4 is 10.5 Å². The number of ether oxygens (including phenoxy) is 1. The van der Waals surface area contributed by atoms with E-state index in [0.717, 1.165) is 6.54 Å². The van der Waals surface area contributed by atoms with Crippen molar-refractivity contribution < 1.29 is 9.84 Å². The van der Waals surface area contributed by atoms with Crippen molar-refractivity contribution in [1.29, 1.82) is 0 Å². The first-order valence-corrected chi connectivity index (χ1v) is 7.95. The molecule has 0 aliphatic heterocycles. The molecule has 4 nitrogen and oxygen atoms in total. The highest BCUT2D eigenvalue weighted by atomic mass is 16.5. The minimum atomic E-state index is -0.475. The van der Waals surface area contributed by atoms with Gasteiger partial charge in [-0.3, -0.25) is 4.90 Å². The zero-order valence-corrected chi connectivity index (χ0v) is 13.2. The normalized spacial score (nSPS) is 16.4. The van der Waals surface area contributed by atoms with E-state index in [9.17, 15) is 5.11 Å². The van der Waals surface area contributed by atoms with Gasteiger partial charge in [-0.1, -0.05) is 26.0 Å². The Balaban J connectivity index is 1.76. The molecule has 0 heterocycles. The molecule has 1 aliphatic carbocycles. The summed E-state index contributed by atoms with van der Waals surface area (Å²) in [7, 11) is 0. The summed E-state index contributed by atoms with van der Waals surface area (Å²) in [6, 6.07) is 8.07. The third-order valence-corrected chi connectivity index (χ3v) is 3.85. The Labute approximate surface area is 127 Å². The number of para-hydroxylation sites is 2. The van der Waals surface area contributed by atoms with Gasteiger partial charge in [-0.15, -0.1) is 0 Å². The van der Waals surface area contributed by atoms with Crippen LogP contribution in [0.4, 0.5) is 5.69 Å². The number of aliphatic hydroxyl groups excluding tert-OH is 1. The van der Waals surface area contributed by atoms with Crippen LogP contribution >= 0.6 is 0 Å². The van der Waals surface area contributed by atoms with E-state index in [1.165, 1.54) is 19.3 Å². The first-order valence-electron chi connectivity index (χ1n) is 7.95. The van der Waals surface area contributed by atoms with Crippen molar-refractivity contribution in [2.24, 2.45) is 5.92 Å². The van der Waals surface area contributed by atoms with Crippen LogP contribution in [0.5, 0.6) is 5.75 Å². The number of aliphatic hydroxyl groups is 1. The van der Waals surface area contributed by atoms with Crippen LogP contribution in [0.25, 0.3) is 0 Å². The maximum Gasteiger partial charge on any atom is 0.142 e. The van der Waals surface area contributed by atoms with Gasteiger partial charge in [0, 0.05) is 12.6 Å². The average molecular weight is 292 g/mol. The molecule has 1 atom stereocenters. The largest absolute Gasteiger partial charge is 0.489 e. The van der Waals surface area contributed by atoms with E-state index in [1.807, 2.05) is 18.2 Å². The molecule has 1 aliphatic rings. The summed E-state index contributed by atoms with van der Waals surface area (Å²) < 4.78 is 5.62. The second-order valence-corrected chi connectivity index (χ2v) is 6.41. The van der Waals surface area contributed by atoms with Crippen molar-refractivity contribution >= 4 is 5.69 Å². The summed E-state index contributed by atoms with van der Waals surface area (Å²) in [4.78, 5) is 2.41. The lowest BCUT2D eigenvalue weighted by Crippen LogP contribution is -2.38. The van der Waals surface area contributed by atoms with Crippen molar-refractivity contribution in [3.05, 3.63) is 24.3 Å². The number of anilines is 1. The second-order valence-electron chi connectivity index (χ2n) is 6.41. The molecule has 0 bridgehead atoms. The molecule has 0 aromatic heterocycles. The highest BCUT2D eigenvalue weighted by Crippen LogP contribution is 2.27. The minimum Gasteiger partial charge on any atom is -0.489 e. The third kappa shape index (κ3) is 5.56. The Morgan fingerprint density at radius 3 is 2.67 bits per heavy atom. The van der Waals surface area contributed by atoms with Crippen molar-refractivity contribution in [3.63, 3.8) is 0 Å². The van der Waals surface area contributed by atoms with Crippen LogP contribution in [0.1, 0.15) is 33.1 Å². The molecule has 3 N–H and O–H groups in total. The summed E-state index contributed by atoms with van der Waals surface area (Å²) in [6.07, 6.45) is 3.22.